The second-order valence-electron chi connectivity index (χ2n) is 9.76. The molecule has 1 heterocycles. The van der Waals surface area contributed by atoms with Crippen molar-refractivity contribution < 1.29 is 13.2 Å². The summed E-state index contributed by atoms with van der Waals surface area (Å²) in [6.07, 6.45) is 7.83. The van der Waals surface area contributed by atoms with E-state index < -0.39 is 10.0 Å². The van der Waals surface area contributed by atoms with Crippen LogP contribution in [0, 0.1) is 11.8 Å². The largest absolute Gasteiger partial charge is 0.352 e. The molecule has 2 fully saturated rings. The average Bonchev–Trinajstić information content (AvgIpc) is 2.77. The van der Waals surface area contributed by atoms with Crippen molar-refractivity contribution in [2.45, 2.75) is 69.7 Å². The number of benzene rings is 1. The molecule has 0 radical (unpaired) electrons. The number of hydrogen-bond donors (Lipinski definition) is 1. The highest BCUT2D eigenvalue weighted by Crippen LogP contribution is 2.29. The Balaban J connectivity index is 1.30. The van der Waals surface area contributed by atoms with Gasteiger partial charge < -0.3 is 5.32 Å². The van der Waals surface area contributed by atoms with E-state index in [1.807, 2.05) is 12.1 Å². The summed E-state index contributed by atoms with van der Waals surface area (Å²) in [6.45, 7) is 6.91. The Hall–Kier alpha value is -1.44. The second kappa shape index (κ2) is 9.59. The van der Waals surface area contributed by atoms with Gasteiger partial charge in [-0.2, -0.15) is 4.31 Å². The Kier molecular flexibility index (Phi) is 7.04. The maximum atomic E-state index is 13.2. The van der Waals surface area contributed by atoms with Crippen LogP contribution in [0.5, 0.6) is 0 Å². The molecule has 1 aromatic carbocycles. The third kappa shape index (κ3) is 5.15. The van der Waals surface area contributed by atoms with Gasteiger partial charge in [-0.1, -0.05) is 32.8 Å². The minimum absolute atomic E-state index is 0.0666. The van der Waals surface area contributed by atoms with Gasteiger partial charge in [-0.25, -0.2) is 8.42 Å². The molecule has 0 spiro atoms. The fourth-order valence-electron chi connectivity index (χ4n) is 5.39. The Bertz CT molecular complexity index is 893. The number of fused-ring (bicyclic) bond motifs is 1. The molecule has 3 aliphatic rings. The van der Waals surface area contributed by atoms with E-state index in [0.717, 1.165) is 25.7 Å². The molecule has 31 heavy (non-hydrogen) atoms. The van der Waals surface area contributed by atoms with Crippen molar-refractivity contribution >= 4 is 15.9 Å². The first-order valence-corrected chi connectivity index (χ1v) is 13.4. The molecule has 4 rings (SSSR count). The van der Waals surface area contributed by atoms with Gasteiger partial charge in [0, 0.05) is 32.2 Å². The van der Waals surface area contributed by atoms with Crippen LogP contribution in [0.15, 0.2) is 23.1 Å². The lowest BCUT2D eigenvalue weighted by Crippen LogP contribution is -2.52. The van der Waals surface area contributed by atoms with Crippen LogP contribution in [0.25, 0.3) is 0 Å². The summed E-state index contributed by atoms with van der Waals surface area (Å²) in [5.41, 5.74) is 2.48. The van der Waals surface area contributed by atoms with E-state index in [4.69, 9.17) is 0 Å². The third-order valence-corrected chi connectivity index (χ3v) is 9.60. The Morgan fingerprint density at radius 3 is 2.45 bits per heavy atom. The summed E-state index contributed by atoms with van der Waals surface area (Å²) in [7, 11) is -3.48. The maximum absolute atomic E-state index is 13.2. The number of rotatable bonds is 5. The van der Waals surface area contributed by atoms with Crippen LogP contribution in [-0.2, 0) is 27.7 Å². The number of nitrogens with one attached hydrogen (secondary N) is 1. The van der Waals surface area contributed by atoms with E-state index >= 15 is 0 Å². The maximum Gasteiger partial charge on any atom is 0.243 e. The van der Waals surface area contributed by atoms with Gasteiger partial charge in [0.2, 0.25) is 15.9 Å². The van der Waals surface area contributed by atoms with E-state index in [1.54, 1.807) is 10.4 Å². The monoisotopic (exact) mass is 447 g/mol. The Morgan fingerprint density at radius 2 is 1.71 bits per heavy atom. The third-order valence-electron chi connectivity index (χ3n) is 7.71. The summed E-state index contributed by atoms with van der Waals surface area (Å²) in [4.78, 5) is 15.1. The SMILES string of the molecule is C[C@H]1[C@H](C)CCC[C@@H]1NC(=O)CN1CCN(S(=O)(=O)c2ccc3c(c2)CCCC3)CC1. The summed E-state index contributed by atoms with van der Waals surface area (Å²) in [5, 5.41) is 3.23. The van der Waals surface area contributed by atoms with Crippen LogP contribution in [0.2, 0.25) is 0 Å². The molecule has 0 unspecified atom stereocenters. The molecule has 3 atom stereocenters. The molecule has 0 aromatic heterocycles. The van der Waals surface area contributed by atoms with E-state index in [2.05, 4.69) is 24.1 Å². The molecular formula is C24H37N3O3S. The predicted molar refractivity (Wildman–Crippen MR) is 122 cm³/mol. The van der Waals surface area contributed by atoms with E-state index in [-0.39, 0.29) is 11.9 Å². The molecule has 1 N–H and O–H groups in total. The quantitative estimate of drug-likeness (QED) is 0.754. The van der Waals surface area contributed by atoms with E-state index in [9.17, 15) is 13.2 Å². The zero-order chi connectivity index (χ0) is 22.0. The number of piperazine rings is 1. The molecule has 1 saturated heterocycles. The molecule has 2 aliphatic carbocycles. The van der Waals surface area contributed by atoms with Crippen molar-refractivity contribution in [1.82, 2.24) is 14.5 Å². The number of aryl methyl sites for hydroxylation is 2. The first kappa shape index (κ1) is 22.7. The highest BCUT2D eigenvalue weighted by atomic mass is 32.2. The van der Waals surface area contributed by atoms with Crippen molar-refractivity contribution in [2.75, 3.05) is 32.7 Å². The zero-order valence-electron chi connectivity index (χ0n) is 19.0. The smallest absolute Gasteiger partial charge is 0.243 e. The lowest BCUT2D eigenvalue weighted by Gasteiger charge is -2.36. The van der Waals surface area contributed by atoms with Crippen LogP contribution in [-0.4, -0.2) is 62.3 Å². The van der Waals surface area contributed by atoms with E-state index in [1.165, 1.54) is 30.4 Å². The predicted octanol–water partition coefficient (Wildman–Crippen LogP) is 2.81. The van der Waals surface area contributed by atoms with Crippen LogP contribution in [0.4, 0.5) is 0 Å². The number of carbonyl (C=O) groups excluding carboxylic acids is 1. The highest BCUT2D eigenvalue weighted by Gasteiger charge is 2.31. The molecule has 7 heteroatoms. The Morgan fingerprint density at radius 1 is 1.00 bits per heavy atom. The molecular weight excluding hydrogens is 410 g/mol. The number of nitrogens with zero attached hydrogens (tertiary/aromatic N) is 2. The average molecular weight is 448 g/mol. The van der Waals surface area contributed by atoms with Crippen LogP contribution in [0.3, 0.4) is 0 Å². The molecule has 6 nitrogen and oxygen atoms in total. The molecule has 1 saturated carbocycles. The van der Waals surface area contributed by atoms with Crippen LogP contribution in [0.1, 0.15) is 57.1 Å². The summed E-state index contributed by atoms with van der Waals surface area (Å²) in [5.74, 6) is 1.23. The highest BCUT2D eigenvalue weighted by molar-refractivity contribution is 7.89. The fourth-order valence-corrected chi connectivity index (χ4v) is 6.86. The first-order chi connectivity index (χ1) is 14.8. The van der Waals surface area contributed by atoms with Gasteiger partial charge in [-0.3, -0.25) is 9.69 Å². The lowest BCUT2D eigenvalue weighted by molar-refractivity contribution is -0.124. The van der Waals surface area contributed by atoms with E-state index in [0.29, 0.717) is 49.5 Å². The van der Waals surface area contributed by atoms with Gasteiger partial charge in [-0.05, 0) is 67.2 Å². The minimum atomic E-state index is -3.48. The number of carbonyl (C=O) groups is 1. The minimum Gasteiger partial charge on any atom is -0.352 e. The second-order valence-corrected chi connectivity index (χ2v) is 11.7. The Labute approximate surface area is 187 Å². The number of sulfonamides is 1. The van der Waals surface area contributed by atoms with Crippen molar-refractivity contribution in [3.8, 4) is 0 Å². The van der Waals surface area contributed by atoms with Gasteiger partial charge in [0.05, 0.1) is 11.4 Å². The normalized spacial score (nSPS) is 28.1. The standard InChI is InChI=1S/C24H37N3O3S/c1-18-6-5-9-23(19(18)2)25-24(28)17-26-12-14-27(15-13-26)31(29,30)22-11-10-20-7-3-4-8-21(20)16-22/h10-11,16,18-19,23H,3-9,12-15,17H2,1-2H3,(H,25,28)/t18-,19+,23+/m1/s1. The summed E-state index contributed by atoms with van der Waals surface area (Å²) >= 11 is 0. The molecule has 1 amide bonds. The van der Waals surface area contributed by atoms with Crippen LogP contribution >= 0.6 is 0 Å². The number of amides is 1. The number of hydrogen-bond acceptors (Lipinski definition) is 4. The van der Waals surface area contributed by atoms with Gasteiger partial charge in [-0.15, -0.1) is 0 Å². The van der Waals surface area contributed by atoms with Crippen molar-refractivity contribution in [1.29, 1.82) is 0 Å². The van der Waals surface area contributed by atoms with Crippen LogP contribution < -0.4 is 5.32 Å². The first-order valence-electron chi connectivity index (χ1n) is 12.0. The summed E-state index contributed by atoms with van der Waals surface area (Å²) in [6, 6.07) is 5.92. The van der Waals surface area contributed by atoms with Gasteiger partial charge >= 0.3 is 0 Å². The lowest BCUT2D eigenvalue weighted by atomic mass is 9.78. The fraction of sp³-hybridized carbons (Fsp3) is 0.708. The van der Waals surface area contributed by atoms with Crippen molar-refractivity contribution in [3.05, 3.63) is 29.3 Å². The summed E-state index contributed by atoms with van der Waals surface area (Å²) < 4.78 is 27.9. The molecule has 1 aromatic rings. The molecule has 1 aliphatic heterocycles. The van der Waals surface area contributed by atoms with Crippen molar-refractivity contribution in [3.63, 3.8) is 0 Å². The topological polar surface area (TPSA) is 69.7 Å². The van der Waals surface area contributed by atoms with Crippen molar-refractivity contribution in [2.24, 2.45) is 11.8 Å². The zero-order valence-corrected chi connectivity index (χ0v) is 19.8. The van der Waals surface area contributed by atoms with Gasteiger partial charge in [0.1, 0.15) is 0 Å². The molecule has 0 bridgehead atoms. The van der Waals surface area contributed by atoms with Gasteiger partial charge in [0.15, 0.2) is 0 Å². The van der Waals surface area contributed by atoms with Gasteiger partial charge in [0.25, 0.3) is 0 Å². The molecule has 172 valence electrons.